The highest BCUT2D eigenvalue weighted by atomic mass is 14.9. The van der Waals surface area contributed by atoms with Gasteiger partial charge in [0.25, 0.3) is 0 Å². The van der Waals surface area contributed by atoms with Gasteiger partial charge in [-0.3, -0.25) is 0 Å². The monoisotopic (exact) mass is 539 g/mol. The lowest BCUT2D eigenvalue weighted by Crippen LogP contribution is -2.33. The van der Waals surface area contributed by atoms with Gasteiger partial charge in [0, 0.05) is 38.5 Å². The van der Waals surface area contributed by atoms with Gasteiger partial charge >= 0.3 is 0 Å². The Morgan fingerprint density at radius 1 is 0.600 bits per heavy atom. The van der Waals surface area contributed by atoms with Gasteiger partial charge in [-0.25, -0.2) is 9.13 Å². The van der Waals surface area contributed by atoms with E-state index in [0.717, 1.165) is 29.7 Å². The summed E-state index contributed by atoms with van der Waals surface area (Å²) in [4.78, 5) is 0. The first-order valence-corrected chi connectivity index (χ1v) is 14.6. The summed E-state index contributed by atoms with van der Waals surface area (Å²) in [6.45, 7) is 17.8. The first kappa shape index (κ1) is 26.9. The summed E-state index contributed by atoms with van der Waals surface area (Å²) < 4.78 is 27.0. The molecule has 0 N–H and O–H groups in total. The number of pyridine rings is 2. The Morgan fingerprint density at radius 2 is 1.00 bits per heavy atom. The molecule has 0 spiro atoms. The Kier molecular flexibility index (Phi) is 8.42. The van der Waals surface area contributed by atoms with Gasteiger partial charge < -0.3 is 0 Å². The standard InChI is InChI=1S/2C19H26N/c2*1-7-19(4,5)16-9-11-18(20(6)13-16)17-10-8-14(2)12-15(17)3/h2*8-13H,7H2,1-6H3/q2*+1/i2D3;. The average Bonchev–Trinajstić information content (AvgIpc) is 2.93. The Bertz CT molecular complexity index is 1580. The van der Waals surface area contributed by atoms with E-state index in [4.69, 9.17) is 4.11 Å². The van der Waals surface area contributed by atoms with Crippen molar-refractivity contribution in [2.75, 3.05) is 0 Å². The second-order valence-electron chi connectivity index (χ2n) is 12.7. The van der Waals surface area contributed by atoms with Crippen LogP contribution in [0, 0.1) is 27.6 Å². The number of nitrogens with zero attached hydrogens (tertiary/aromatic N) is 2. The van der Waals surface area contributed by atoms with Gasteiger partial charge in [-0.2, -0.15) is 0 Å². The first-order chi connectivity index (χ1) is 19.9. The smallest absolute Gasteiger partial charge is 0.201 e. The second kappa shape index (κ2) is 12.5. The molecule has 0 bridgehead atoms. The summed E-state index contributed by atoms with van der Waals surface area (Å²) in [6, 6.07) is 20.9. The molecule has 0 unspecified atom stereocenters. The zero-order chi connectivity index (χ0) is 32.3. The van der Waals surface area contributed by atoms with Crippen molar-refractivity contribution in [3.63, 3.8) is 0 Å². The number of benzene rings is 2. The largest absolute Gasteiger partial charge is 0.212 e. The minimum Gasteiger partial charge on any atom is -0.201 e. The zero-order valence-corrected chi connectivity index (χ0v) is 26.7. The fourth-order valence-electron chi connectivity index (χ4n) is 5.04. The Labute approximate surface area is 249 Å². The lowest BCUT2D eigenvalue weighted by molar-refractivity contribution is -0.661. The van der Waals surface area contributed by atoms with Crippen molar-refractivity contribution in [2.24, 2.45) is 14.1 Å². The van der Waals surface area contributed by atoms with Crippen molar-refractivity contribution >= 4 is 0 Å². The highest BCUT2D eigenvalue weighted by Gasteiger charge is 2.24. The van der Waals surface area contributed by atoms with E-state index < -0.39 is 6.85 Å². The summed E-state index contributed by atoms with van der Waals surface area (Å²) in [5.41, 5.74) is 11.9. The van der Waals surface area contributed by atoms with E-state index in [1.807, 2.05) is 20.0 Å². The van der Waals surface area contributed by atoms with E-state index in [0.29, 0.717) is 5.56 Å². The van der Waals surface area contributed by atoms with Crippen molar-refractivity contribution < 1.29 is 13.2 Å². The van der Waals surface area contributed by atoms with Gasteiger partial charge in [0.05, 0.1) is 0 Å². The van der Waals surface area contributed by atoms with Gasteiger partial charge in [-0.15, -0.1) is 0 Å². The van der Waals surface area contributed by atoms with E-state index >= 15 is 0 Å². The molecule has 4 rings (SSSR count). The quantitative estimate of drug-likeness (QED) is 0.216. The van der Waals surface area contributed by atoms with Gasteiger partial charge in [-0.05, 0) is 86.7 Å². The Balaban J connectivity index is 0.000000238. The number of hydrogen-bond donors (Lipinski definition) is 0. The maximum atomic E-state index is 7.53. The Hall–Kier alpha value is -3.26. The Morgan fingerprint density at radius 3 is 1.35 bits per heavy atom. The third-order valence-corrected chi connectivity index (χ3v) is 8.76. The van der Waals surface area contributed by atoms with Crippen molar-refractivity contribution in [3.8, 4) is 22.5 Å². The third kappa shape index (κ3) is 7.08. The van der Waals surface area contributed by atoms with Crippen molar-refractivity contribution in [3.05, 3.63) is 106 Å². The molecule has 0 aliphatic heterocycles. The summed E-state index contributed by atoms with van der Waals surface area (Å²) in [6.07, 6.45) is 6.68. The van der Waals surface area contributed by atoms with Gasteiger partial charge in [0.1, 0.15) is 14.1 Å². The van der Waals surface area contributed by atoms with Crippen LogP contribution < -0.4 is 9.13 Å². The van der Waals surface area contributed by atoms with Crippen molar-refractivity contribution in [2.45, 2.75) is 92.8 Å². The maximum Gasteiger partial charge on any atom is 0.212 e. The second-order valence-corrected chi connectivity index (χ2v) is 12.7. The molecular formula is C38H52N2+2. The molecule has 40 heavy (non-hydrogen) atoms. The molecule has 2 aromatic heterocycles. The summed E-state index contributed by atoms with van der Waals surface area (Å²) in [7, 11) is 4.19. The molecule has 0 amide bonds. The molecule has 0 aliphatic rings. The van der Waals surface area contributed by atoms with Crippen LogP contribution in [0.5, 0.6) is 0 Å². The van der Waals surface area contributed by atoms with Crippen LogP contribution in [0.4, 0.5) is 0 Å². The van der Waals surface area contributed by atoms with Crippen LogP contribution in [-0.4, -0.2) is 0 Å². The SMILES string of the molecule is CCC(C)(C)c1ccc(-c2ccc(C)cc2C)[n+](C)c1.[2H]C([2H])([2H])c1ccc(-c2ccc(C(C)(C)CC)c[n+]2C)c(C)c1. The molecule has 0 atom stereocenters. The van der Waals surface area contributed by atoms with E-state index in [1.54, 1.807) is 12.1 Å². The molecule has 0 saturated heterocycles. The molecule has 2 nitrogen and oxygen atoms in total. The van der Waals surface area contributed by atoms with Gasteiger partial charge in [-0.1, -0.05) is 76.9 Å². The molecular weight excluding hydrogens is 484 g/mol. The molecule has 0 fully saturated rings. The van der Waals surface area contributed by atoms with Gasteiger partial charge in [0.15, 0.2) is 12.4 Å². The minimum absolute atomic E-state index is 0.149. The summed E-state index contributed by atoms with van der Waals surface area (Å²) >= 11 is 0. The van der Waals surface area contributed by atoms with Crippen LogP contribution in [0.15, 0.2) is 73.1 Å². The summed E-state index contributed by atoms with van der Waals surface area (Å²) in [5.74, 6) is 0. The number of aryl methyl sites for hydroxylation is 6. The predicted octanol–water partition coefficient (Wildman–Crippen LogP) is 8.97. The number of rotatable bonds is 6. The average molecular weight is 540 g/mol. The fourth-order valence-corrected chi connectivity index (χ4v) is 5.04. The number of aromatic nitrogens is 2. The molecule has 2 aromatic carbocycles. The first-order valence-electron chi connectivity index (χ1n) is 16.1. The van der Waals surface area contributed by atoms with Crippen molar-refractivity contribution in [1.29, 1.82) is 0 Å². The molecule has 212 valence electrons. The topological polar surface area (TPSA) is 7.76 Å². The van der Waals surface area contributed by atoms with Crippen LogP contribution in [0.1, 0.15) is 91.9 Å². The molecule has 4 aromatic rings. The molecule has 2 heteroatoms. The van der Waals surface area contributed by atoms with Crippen LogP contribution in [-0.2, 0) is 24.9 Å². The van der Waals surface area contributed by atoms with Crippen LogP contribution in [0.2, 0.25) is 0 Å². The highest BCUT2D eigenvalue weighted by molar-refractivity contribution is 5.62. The van der Waals surface area contributed by atoms with E-state index in [1.165, 1.54) is 33.5 Å². The molecule has 0 radical (unpaired) electrons. The fraction of sp³-hybridized carbons (Fsp3) is 0.421. The van der Waals surface area contributed by atoms with Crippen LogP contribution >= 0.6 is 0 Å². The molecule has 0 aliphatic carbocycles. The summed E-state index contributed by atoms with van der Waals surface area (Å²) in [5, 5.41) is 0. The van der Waals surface area contributed by atoms with E-state index in [-0.39, 0.29) is 10.8 Å². The maximum absolute atomic E-state index is 7.53. The van der Waals surface area contributed by atoms with Crippen LogP contribution in [0.3, 0.4) is 0 Å². The minimum atomic E-state index is -2.06. The number of hydrogen-bond acceptors (Lipinski definition) is 0. The zero-order valence-electron chi connectivity index (χ0n) is 29.7. The third-order valence-electron chi connectivity index (χ3n) is 8.76. The predicted molar refractivity (Wildman–Crippen MR) is 172 cm³/mol. The van der Waals surface area contributed by atoms with Crippen molar-refractivity contribution in [1.82, 2.24) is 0 Å². The highest BCUT2D eigenvalue weighted by Crippen LogP contribution is 2.29. The van der Waals surface area contributed by atoms with E-state index in [9.17, 15) is 0 Å². The lowest BCUT2D eigenvalue weighted by atomic mass is 9.83. The lowest BCUT2D eigenvalue weighted by Gasteiger charge is -2.21. The normalized spacial score (nSPS) is 13.1. The van der Waals surface area contributed by atoms with Crippen LogP contribution in [0.25, 0.3) is 22.5 Å². The van der Waals surface area contributed by atoms with E-state index in [2.05, 4.69) is 126 Å². The van der Waals surface area contributed by atoms with Gasteiger partial charge in [0.2, 0.25) is 11.4 Å². The molecule has 0 saturated carbocycles. The molecule has 2 heterocycles.